The maximum absolute atomic E-state index is 12.2. The van der Waals surface area contributed by atoms with E-state index in [9.17, 15) is 18.0 Å². The van der Waals surface area contributed by atoms with Gasteiger partial charge in [0.15, 0.2) is 5.13 Å². The number of ether oxygens (including phenoxy) is 2. The van der Waals surface area contributed by atoms with Gasteiger partial charge >= 0.3 is 6.36 Å². The van der Waals surface area contributed by atoms with Crippen molar-refractivity contribution in [1.82, 2.24) is 4.98 Å². The highest BCUT2D eigenvalue weighted by molar-refractivity contribution is 7.13. The highest BCUT2D eigenvalue weighted by Crippen LogP contribution is 2.26. The van der Waals surface area contributed by atoms with Crippen LogP contribution in [-0.4, -0.2) is 24.4 Å². The second kappa shape index (κ2) is 8.82. The van der Waals surface area contributed by atoms with Gasteiger partial charge < -0.3 is 20.1 Å². The summed E-state index contributed by atoms with van der Waals surface area (Å²) in [5, 5.41) is 7.99. The molecule has 0 aliphatic rings. The summed E-state index contributed by atoms with van der Waals surface area (Å²) < 4.78 is 45.4. The van der Waals surface area contributed by atoms with Gasteiger partial charge in [0.1, 0.15) is 11.5 Å². The van der Waals surface area contributed by atoms with Gasteiger partial charge in [-0.2, -0.15) is 0 Å². The maximum Gasteiger partial charge on any atom is 0.573 e. The Morgan fingerprint density at radius 2 is 1.66 bits per heavy atom. The van der Waals surface area contributed by atoms with Crippen LogP contribution in [0.3, 0.4) is 0 Å². The zero-order valence-corrected chi connectivity index (χ0v) is 15.9. The number of nitrogens with one attached hydrogen (secondary N) is 2. The van der Waals surface area contributed by atoms with Crippen molar-refractivity contribution in [2.75, 3.05) is 17.7 Å². The van der Waals surface area contributed by atoms with Gasteiger partial charge in [0.25, 0.3) is 0 Å². The quantitative estimate of drug-likeness (QED) is 0.561. The van der Waals surface area contributed by atoms with Gasteiger partial charge in [0, 0.05) is 16.8 Å². The molecule has 10 heteroatoms. The van der Waals surface area contributed by atoms with Crippen molar-refractivity contribution in [3.63, 3.8) is 0 Å². The maximum atomic E-state index is 12.2. The molecule has 0 unspecified atom stereocenters. The third kappa shape index (κ3) is 6.39. The van der Waals surface area contributed by atoms with Gasteiger partial charge in [0.05, 0.1) is 19.2 Å². The largest absolute Gasteiger partial charge is 0.573 e. The summed E-state index contributed by atoms with van der Waals surface area (Å²) in [6.07, 6.45) is -4.64. The predicted molar refractivity (Wildman–Crippen MR) is 104 cm³/mol. The number of carbonyl (C=O) groups is 1. The lowest BCUT2D eigenvalue weighted by molar-refractivity contribution is -0.274. The van der Waals surface area contributed by atoms with Crippen LogP contribution in [-0.2, 0) is 11.2 Å². The third-order valence-corrected chi connectivity index (χ3v) is 4.41. The topological polar surface area (TPSA) is 72.5 Å². The van der Waals surface area contributed by atoms with Crippen molar-refractivity contribution < 1.29 is 27.4 Å². The number of thiazole rings is 1. The zero-order chi connectivity index (χ0) is 20.9. The number of hydrogen-bond donors (Lipinski definition) is 2. The third-order valence-electron chi connectivity index (χ3n) is 3.61. The average molecular weight is 423 g/mol. The van der Waals surface area contributed by atoms with E-state index in [4.69, 9.17) is 4.74 Å². The minimum Gasteiger partial charge on any atom is -0.497 e. The Morgan fingerprint density at radius 1 is 1.03 bits per heavy atom. The lowest BCUT2D eigenvalue weighted by Gasteiger charge is -2.09. The van der Waals surface area contributed by atoms with Crippen LogP contribution in [0.4, 0.5) is 29.7 Å². The first kappa shape index (κ1) is 20.5. The number of methoxy groups -OCH3 is 1. The van der Waals surface area contributed by atoms with Crippen LogP contribution in [0.25, 0.3) is 0 Å². The summed E-state index contributed by atoms with van der Waals surface area (Å²) in [6, 6.07) is 12.2. The highest BCUT2D eigenvalue weighted by Gasteiger charge is 2.30. The number of amides is 1. The molecule has 1 heterocycles. The number of rotatable bonds is 7. The molecule has 0 aliphatic heterocycles. The minimum atomic E-state index is -4.73. The number of benzene rings is 2. The predicted octanol–water partition coefficient (Wildman–Crippen LogP) is 4.98. The smallest absolute Gasteiger partial charge is 0.497 e. The molecular weight excluding hydrogens is 407 g/mol. The summed E-state index contributed by atoms with van der Waals surface area (Å²) in [4.78, 5) is 16.5. The van der Waals surface area contributed by atoms with E-state index in [2.05, 4.69) is 20.4 Å². The van der Waals surface area contributed by atoms with Crippen LogP contribution < -0.4 is 20.1 Å². The normalized spacial score (nSPS) is 11.0. The first-order chi connectivity index (χ1) is 13.8. The number of aromatic nitrogens is 1. The molecule has 0 saturated heterocycles. The fourth-order valence-corrected chi connectivity index (χ4v) is 3.08. The van der Waals surface area contributed by atoms with Crippen LogP contribution in [0.5, 0.6) is 11.5 Å². The van der Waals surface area contributed by atoms with Crippen LogP contribution >= 0.6 is 11.3 Å². The van der Waals surface area contributed by atoms with E-state index in [1.165, 1.54) is 35.6 Å². The van der Waals surface area contributed by atoms with Crippen molar-refractivity contribution in [3.05, 3.63) is 59.6 Å². The lowest BCUT2D eigenvalue weighted by Crippen LogP contribution is -2.16. The molecule has 3 rings (SSSR count). The van der Waals surface area contributed by atoms with E-state index in [1.807, 2.05) is 0 Å². The molecule has 1 aromatic heterocycles. The molecule has 3 aromatic rings. The molecule has 0 saturated carbocycles. The first-order valence-corrected chi connectivity index (χ1v) is 9.20. The van der Waals surface area contributed by atoms with E-state index in [-0.39, 0.29) is 18.1 Å². The number of alkyl halides is 3. The summed E-state index contributed by atoms with van der Waals surface area (Å²) in [7, 11) is 1.56. The molecule has 2 aromatic carbocycles. The molecule has 0 aliphatic carbocycles. The van der Waals surface area contributed by atoms with Crippen molar-refractivity contribution in [3.8, 4) is 11.5 Å². The second-order valence-electron chi connectivity index (χ2n) is 5.79. The Morgan fingerprint density at radius 3 is 2.28 bits per heavy atom. The number of hydrogen-bond acceptors (Lipinski definition) is 6. The van der Waals surface area contributed by atoms with Gasteiger partial charge in [-0.15, -0.1) is 24.5 Å². The molecular formula is C19H16F3N3O3S. The van der Waals surface area contributed by atoms with E-state index in [0.717, 1.165) is 0 Å². The van der Waals surface area contributed by atoms with E-state index >= 15 is 0 Å². The van der Waals surface area contributed by atoms with E-state index in [1.54, 1.807) is 36.8 Å². The van der Waals surface area contributed by atoms with Crippen LogP contribution in [0.2, 0.25) is 0 Å². The van der Waals surface area contributed by atoms with E-state index < -0.39 is 6.36 Å². The number of carbonyl (C=O) groups excluding carboxylic acids is 1. The molecule has 0 spiro atoms. The van der Waals surface area contributed by atoms with Gasteiger partial charge in [-0.25, -0.2) is 4.98 Å². The monoisotopic (exact) mass is 423 g/mol. The standard InChI is InChI=1S/C19H16F3N3O3S/c1-27-15-6-2-12(3-7-15)23-17(26)10-14-11-29-18(25-14)24-13-4-8-16(9-5-13)28-19(20,21)22/h2-9,11H,10H2,1H3,(H,23,26)(H,24,25). The van der Waals surface area contributed by atoms with Crippen LogP contribution in [0.1, 0.15) is 5.69 Å². The molecule has 6 nitrogen and oxygen atoms in total. The van der Waals surface area contributed by atoms with Crippen molar-refractivity contribution in [1.29, 1.82) is 0 Å². The highest BCUT2D eigenvalue weighted by atomic mass is 32.1. The summed E-state index contributed by atoms with van der Waals surface area (Å²) >= 11 is 1.28. The summed E-state index contributed by atoms with van der Waals surface area (Å²) in [5.74, 6) is 0.162. The Bertz CT molecular complexity index is 957. The molecule has 0 fully saturated rings. The Labute approximate surface area is 168 Å². The van der Waals surface area contributed by atoms with Crippen LogP contribution in [0, 0.1) is 0 Å². The first-order valence-electron chi connectivity index (χ1n) is 8.32. The summed E-state index contributed by atoms with van der Waals surface area (Å²) in [6.45, 7) is 0. The zero-order valence-electron chi connectivity index (χ0n) is 15.1. The fraction of sp³-hybridized carbons (Fsp3) is 0.158. The molecule has 0 radical (unpaired) electrons. The van der Waals surface area contributed by atoms with Gasteiger partial charge in [-0.1, -0.05) is 0 Å². The summed E-state index contributed by atoms with van der Waals surface area (Å²) in [5.41, 5.74) is 1.76. The molecule has 1 amide bonds. The second-order valence-corrected chi connectivity index (χ2v) is 6.65. The van der Waals surface area contributed by atoms with Gasteiger partial charge in [0.2, 0.25) is 5.91 Å². The van der Waals surface area contributed by atoms with Crippen LogP contribution in [0.15, 0.2) is 53.9 Å². The van der Waals surface area contributed by atoms with Crippen molar-refractivity contribution in [2.24, 2.45) is 0 Å². The fourth-order valence-electron chi connectivity index (χ4n) is 2.35. The van der Waals surface area contributed by atoms with Gasteiger partial charge in [-0.05, 0) is 48.5 Å². The van der Waals surface area contributed by atoms with E-state index in [0.29, 0.717) is 27.9 Å². The number of nitrogens with zero attached hydrogens (tertiary/aromatic N) is 1. The molecule has 0 atom stereocenters. The molecule has 0 bridgehead atoms. The van der Waals surface area contributed by atoms with Gasteiger partial charge in [-0.3, -0.25) is 4.79 Å². The van der Waals surface area contributed by atoms with Crippen molar-refractivity contribution >= 4 is 33.8 Å². The Kier molecular flexibility index (Phi) is 6.23. The minimum absolute atomic E-state index is 0.0859. The SMILES string of the molecule is COc1ccc(NC(=O)Cc2csc(Nc3ccc(OC(F)(F)F)cc3)n2)cc1. The average Bonchev–Trinajstić information content (AvgIpc) is 3.09. The number of halogens is 3. The lowest BCUT2D eigenvalue weighted by atomic mass is 10.2. The molecule has 2 N–H and O–H groups in total. The number of anilines is 3. The Hall–Kier alpha value is -3.27. The molecule has 29 heavy (non-hydrogen) atoms. The van der Waals surface area contributed by atoms with Crippen molar-refractivity contribution in [2.45, 2.75) is 12.8 Å². The Balaban J connectivity index is 1.54. The molecule has 152 valence electrons.